The maximum Gasteiger partial charge on any atom is 0.242 e. The Kier molecular flexibility index (Phi) is 7.77. The second-order valence-corrected chi connectivity index (χ2v) is 8.14. The highest BCUT2D eigenvalue weighted by Gasteiger charge is 2.29. The zero-order chi connectivity index (χ0) is 23.1. The molecule has 0 aromatic heterocycles. The van der Waals surface area contributed by atoms with Crippen LogP contribution in [0.4, 0.5) is 4.39 Å². The van der Waals surface area contributed by atoms with Crippen LogP contribution in [-0.4, -0.2) is 29.8 Å². The number of halogens is 1. The molecule has 0 radical (unpaired) electrons. The Morgan fingerprint density at radius 3 is 2.09 bits per heavy atom. The Bertz CT molecular complexity index is 1040. The first-order chi connectivity index (χ1) is 15.4. The molecule has 5 heteroatoms. The molecule has 0 aliphatic rings. The SMILES string of the molecule is CNC(=O)[C@@H](Cc1ccccc1)N(Cc1ccc(F)cc1)C(=O)Cc1cc(C)cc(C)c1. The smallest absolute Gasteiger partial charge is 0.242 e. The summed E-state index contributed by atoms with van der Waals surface area (Å²) in [5.41, 5.74) is 4.81. The average molecular weight is 433 g/mol. The van der Waals surface area contributed by atoms with Crippen LogP contribution in [0.25, 0.3) is 0 Å². The maximum atomic E-state index is 13.5. The Morgan fingerprint density at radius 1 is 0.875 bits per heavy atom. The average Bonchev–Trinajstić information content (AvgIpc) is 2.76. The lowest BCUT2D eigenvalue weighted by atomic mass is 10.0. The summed E-state index contributed by atoms with van der Waals surface area (Å²) >= 11 is 0. The van der Waals surface area contributed by atoms with Gasteiger partial charge in [0.25, 0.3) is 0 Å². The summed E-state index contributed by atoms with van der Waals surface area (Å²) in [4.78, 5) is 28.0. The summed E-state index contributed by atoms with van der Waals surface area (Å²) < 4.78 is 13.4. The van der Waals surface area contributed by atoms with Crippen molar-refractivity contribution in [3.8, 4) is 0 Å². The maximum absolute atomic E-state index is 13.5. The predicted octanol–water partition coefficient (Wildman–Crippen LogP) is 4.37. The molecule has 0 fully saturated rings. The number of rotatable bonds is 8. The Balaban J connectivity index is 1.95. The minimum Gasteiger partial charge on any atom is -0.357 e. The lowest BCUT2D eigenvalue weighted by molar-refractivity contribution is -0.140. The van der Waals surface area contributed by atoms with Crippen molar-refractivity contribution in [2.45, 2.75) is 39.3 Å². The molecule has 2 amide bonds. The Morgan fingerprint density at radius 2 is 1.50 bits per heavy atom. The van der Waals surface area contributed by atoms with Crippen LogP contribution < -0.4 is 5.32 Å². The Hall–Kier alpha value is -3.47. The number of carbonyl (C=O) groups is 2. The van der Waals surface area contributed by atoms with Gasteiger partial charge in [-0.05, 0) is 42.7 Å². The van der Waals surface area contributed by atoms with Crippen LogP contribution in [0.15, 0.2) is 72.8 Å². The molecule has 3 aromatic carbocycles. The van der Waals surface area contributed by atoms with Crippen molar-refractivity contribution in [1.82, 2.24) is 10.2 Å². The van der Waals surface area contributed by atoms with Crippen molar-refractivity contribution < 1.29 is 14.0 Å². The van der Waals surface area contributed by atoms with E-state index in [0.717, 1.165) is 27.8 Å². The normalized spacial score (nSPS) is 11.6. The molecule has 3 rings (SSSR count). The van der Waals surface area contributed by atoms with Gasteiger partial charge in [-0.2, -0.15) is 0 Å². The van der Waals surface area contributed by atoms with E-state index in [1.54, 1.807) is 24.1 Å². The molecule has 3 aromatic rings. The van der Waals surface area contributed by atoms with Gasteiger partial charge in [-0.1, -0.05) is 71.8 Å². The number of nitrogens with zero attached hydrogens (tertiary/aromatic N) is 1. The van der Waals surface area contributed by atoms with Gasteiger partial charge in [-0.3, -0.25) is 9.59 Å². The lowest BCUT2D eigenvalue weighted by Crippen LogP contribution is -2.50. The second-order valence-electron chi connectivity index (χ2n) is 8.14. The van der Waals surface area contributed by atoms with Crippen molar-refractivity contribution in [3.63, 3.8) is 0 Å². The van der Waals surface area contributed by atoms with Gasteiger partial charge >= 0.3 is 0 Å². The molecule has 1 N–H and O–H groups in total. The first-order valence-electron chi connectivity index (χ1n) is 10.7. The third kappa shape index (κ3) is 6.27. The number of hydrogen-bond donors (Lipinski definition) is 1. The van der Waals surface area contributed by atoms with Gasteiger partial charge in [-0.15, -0.1) is 0 Å². The van der Waals surface area contributed by atoms with Gasteiger partial charge < -0.3 is 10.2 Å². The second kappa shape index (κ2) is 10.7. The number of aryl methyl sites for hydroxylation is 2. The van der Waals surface area contributed by atoms with Crippen LogP contribution in [0, 0.1) is 19.7 Å². The van der Waals surface area contributed by atoms with Gasteiger partial charge in [-0.25, -0.2) is 4.39 Å². The fourth-order valence-electron chi connectivity index (χ4n) is 3.95. The molecule has 0 saturated heterocycles. The third-order valence-corrected chi connectivity index (χ3v) is 5.42. The molecule has 32 heavy (non-hydrogen) atoms. The topological polar surface area (TPSA) is 49.4 Å². The minimum absolute atomic E-state index is 0.149. The van der Waals surface area contributed by atoms with Crippen molar-refractivity contribution in [3.05, 3.63) is 106 Å². The molecule has 0 spiro atoms. The molecule has 166 valence electrons. The van der Waals surface area contributed by atoms with Crippen LogP contribution in [-0.2, 0) is 29.0 Å². The van der Waals surface area contributed by atoms with E-state index < -0.39 is 6.04 Å². The van der Waals surface area contributed by atoms with Crippen molar-refractivity contribution in [2.24, 2.45) is 0 Å². The molecular weight excluding hydrogens is 403 g/mol. The highest BCUT2D eigenvalue weighted by Crippen LogP contribution is 2.18. The van der Waals surface area contributed by atoms with Crippen molar-refractivity contribution in [1.29, 1.82) is 0 Å². The summed E-state index contributed by atoms with van der Waals surface area (Å²) in [6.45, 7) is 4.22. The van der Waals surface area contributed by atoms with E-state index in [0.29, 0.717) is 6.42 Å². The van der Waals surface area contributed by atoms with Crippen LogP contribution in [0.1, 0.15) is 27.8 Å². The lowest BCUT2D eigenvalue weighted by Gasteiger charge is -2.31. The third-order valence-electron chi connectivity index (χ3n) is 5.42. The summed E-state index contributed by atoms with van der Waals surface area (Å²) in [7, 11) is 1.57. The van der Waals surface area contributed by atoms with E-state index in [9.17, 15) is 14.0 Å². The summed E-state index contributed by atoms with van der Waals surface area (Å²) in [5.74, 6) is -0.720. The standard InChI is InChI=1S/C27H29FN2O2/c1-19-13-20(2)15-23(14-19)17-26(31)30(18-22-9-11-24(28)12-10-22)25(27(32)29-3)16-21-7-5-4-6-8-21/h4-15,25H,16-18H2,1-3H3,(H,29,32)/t25-/m1/s1. The van der Waals surface area contributed by atoms with E-state index in [1.807, 2.05) is 56.3 Å². The molecule has 0 bridgehead atoms. The largest absolute Gasteiger partial charge is 0.357 e. The van der Waals surface area contributed by atoms with Crippen molar-refractivity contribution in [2.75, 3.05) is 7.05 Å². The van der Waals surface area contributed by atoms with Crippen LogP contribution >= 0.6 is 0 Å². The minimum atomic E-state index is -0.689. The van der Waals surface area contributed by atoms with Gasteiger partial charge in [0.1, 0.15) is 11.9 Å². The molecule has 0 aliphatic heterocycles. The summed E-state index contributed by atoms with van der Waals surface area (Å²) in [6.07, 6.45) is 0.576. The quantitative estimate of drug-likeness (QED) is 0.575. The summed E-state index contributed by atoms with van der Waals surface area (Å²) in [5, 5.41) is 2.70. The first-order valence-corrected chi connectivity index (χ1v) is 10.7. The van der Waals surface area contributed by atoms with E-state index in [4.69, 9.17) is 0 Å². The van der Waals surface area contributed by atoms with Crippen molar-refractivity contribution >= 4 is 11.8 Å². The number of hydrogen-bond acceptors (Lipinski definition) is 2. The van der Waals surface area contributed by atoms with E-state index >= 15 is 0 Å². The number of benzene rings is 3. The fourth-order valence-corrected chi connectivity index (χ4v) is 3.95. The molecule has 0 saturated carbocycles. The first kappa shape index (κ1) is 23.2. The number of nitrogens with one attached hydrogen (secondary N) is 1. The van der Waals surface area contributed by atoms with Crippen LogP contribution in [0.5, 0.6) is 0 Å². The molecule has 1 atom stereocenters. The molecule has 0 aliphatic carbocycles. The van der Waals surface area contributed by atoms with Gasteiger partial charge in [0.15, 0.2) is 0 Å². The zero-order valence-electron chi connectivity index (χ0n) is 18.8. The fraction of sp³-hybridized carbons (Fsp3) is 0.259. The van der Waals surface area contributed by atoms with E-state index in [2.05, 4.69) is 11.4 Å². The Labute approximate surface area is 189 Å². The van der Waals surface area contributed by atoms with E-state index in [-0.39, 0.29) is 30.6 Å². The highest BCUT2D eigenvalue weighted by atomic mass is 19.1. The molecular formula is C27H29FN2O2. The molecule has 0 heterocycles. The molecule has 0 unspecified atom stereocenters. The van der Waals surface area contributed by atoms with Gasteiger partial charge in [0.2, 0.25) is 11.8 Å². The highest BCUT2D eigenvalue weighted by molar-refractivity contribution is 5.88. The van der Waals surface area contributed by atoms with Gasteiger partial charge in [0, 0.05) is 20.0 Å². The predicted molar refractivity (Wildman–Crippen MR) is 125 cm³/mol. The molecule has 4 nitrogen and oxygen atoms in total. The number of likely N-dealkylation sites (N-methyl/N-ethyl adjacent to an activating group) is 1. The number of carbonyl (C=O) groups excluding carboxylic acids is 2. The monoisotopic (exact) mass is 432 g/mol. The summed E-state index contributed by atoms with van der Waals surface area (Å²) in [6, 6.07) is 21.0. The number of amides is 2. The zero-order valence-corrected chi connectivity index (χ0v) is 18.8. The van der Waals surface area contributed by atoms with Crippen LogP contribution in [0.2, 0.25) is 0 Å². The van der Waals surface area contributed by atoms with Gasteiger partial charge in [0.05, 0.1) is 6.42 Å². The van der Waals surface area contributed by atoms with E-state index in [1.165, 1.54) is 12.1 Å². The van der Waals surface area contributed by atoms with Crippen LogP contribution in [0.3, 0.4) is 0 Å².